The molecular formula is C16H15N3O. The molecule has 100 valence electrons. The lowest BCUT2D eigenvalue weighted by Crippen LogP contribution is -2.03. The molecule has 20 heavy (non-hydrogen) atoms. The molecule has 4 nitrogen and oxygen atoms in total. The van der Waals surface area contributed by atoms with Gasteiger partial charge in [-0.3, -0.25) is 4.98 Å². The van der Waals surface area contributed by atoms with E-state index in [-0.39, 0.29) is 0 Å². The van der Waals surface area contributed by atoms with Crippen molar-refractivity contribution in [3.63, 3.8) is 0 Å². The van der Waals surface area contributed by atoms with Gasteiger partial charge in [0.25, 0.3) is 0 Å². The molecule has 2 aromatic heterocycles. The number of aryl methyl sites for hydroxylation is 1. The quantitative estimate of drug-likeness (QED) is 0.792. The normalized spacial score (nSPS) is 12.3. The lowest BCUT2D eigenvalue weighted by Gasteiger charge is -2.08. The summed E-state index contributed by atoms with van der Waals surface area (Å²) in [6.45, 7) is 1.95. The van der Waals surface area contributed by atoms with Gasteiger partial charge in [-0.05, 0) is 30.7 Å². The number of nitrogens with zero attached hydrogens (tertiary/aromatic N) is 3. The topological polar surface area (TPSA) is 50.9 Å². The fourth-order valence-corrected chi connectivity index (χ4v) is 2.11. The van der Waals surface area contributed by atoms with Gasteiger partial charge in [0.15, 0.2) is 0 Å². The molecule has 0 fully saturated rings. The molecule has 0 aliphatic rings. The van der Waals surface area contributed by atoms with Crippen molar-refractivity contribution in [3.8, 4) is 5.69 Å². The van der Waals surface area contributed by atoms with Crippen LogP contribution in [0.4, 0.5) is 0 Å². The minimum atomic E-state index is -0.757. The first kappa shape index (κ1) is 12.6. The van der Waals surface area contributed by atoms with Crippen LogP contribution in [-0.4, -0.2) is 19.9 Å². The maximum Gasteiger partial charge on any atom is 0.124 e. The van der Waals surface area contributed by atoms with Crippen molar-refractivity contribution in [1.82, 2.24) is 14.8 Å². The maximum absolute atomic E-state index is 10.4. The molecule has 2 heterocycles. The summed E-state index contributed by atoms with van der Waals surface area (Å²) in [6, 6.07) is 13.5. The summed E-state index contributed by atoms with van der Waals surface area (Å²) in [5.41, 5.74) is 3.35. The third-order valence-electron chi connectivity index (χ3n) is 3.12. The molecule has 4 heteroatoms. The SMILES string of the molecule is Cc1cncc(C(O)c2ccn(-c3ccccc3)n2)c1. The van der Waals surface area contributed by atoms with E-state index in [4.69, 9.17) is 0 Å². The summed E-state index contributed by atoms with van der Waals surface area (Å²) in [4.78, 5) is 4.10. The fourth-order valence-electron chi connectivity index (χ4n) is 2.11. The standard InChI is InChI=1S/C16H15N3O/c1-12-9-13(11-17-10-12)16(20)15-7-8-19(18-15)14-5-3-2-4-6-14/h2-11,16,20H,1H3. The van der Waals surface area contributed by atoms with Gasteiger partial charge in [0.1, 0.15) is 6.10 Å². The molecule has 1 aromatic carbocycles. The van der Waals surface area contributed by atoms with E-state index in [0.29, 0.717) is 5.69 Å². The number of hydrogen-bond donors (Lipinski definition) is 1. The smallest absolute Gasteiger partial charge is 0.124 e. The van der Waals surface area contributed by atoms with E-state index in [0.717, 1.165) is 16.8 Å². The zero-order chi connectivity index (χ0) is 13.9. The summed E-state index contributed by atoms with van der Waals surface area (Å²) in [5, 5.41) is 14.8. The number of benzene rings is 1. The monoisotopic (exact) mass is 265 g/mol. The summed E-state index contributed by atoms with van der Waals surface area (Å²) < 4.78 is 1.75. The molecule has 1 N–H and O–H groups in total. The van der Waals surface area contributed by atoms with Gasteiger partial charge in [0.2, 0.25) is 0 Å². The van der Waals surface area contributed by atoms with Crippen LogP contribution in [0.5, 0.6) is 0 Å². The Hall–Kier alpha value is -2.46. The Balaban J connectivity index is 1.90. The zero-order valence-corrected chi connectivity index (χ0v) is 11.1. The summed E-state index contributed by atoms with van der Waals surface area (Å²) in [7, 11) is 0. The van der Waals surface area contributed by atoms with Gasteiger partial charge in [-0.15, -0.1) is 0 Å². The molecule has 0 radical (unpaired) electrons. The Morgan fingerprint density at radius 2 is 1.90 bits per heavy atom. The highest BCUT2D eigenvalue weighted by Gasteiger charge is 2.14. The molecule has 0 aliphatic heterocycles. The van der Waals surface area contributed by atoms with Crippen LogP contribution in [0.2, 0.25) is 0 Å². The number of para-hydroxylation sites is 1. The van der Waals surface area contributed by atoms with Gasteiger partial charge in [-0.1, -0.05) is 24.3 Å². The van der Waals surface area contributed by atoms with E-state index in [2.05, 4.69) is 10.1 Å². The second-order valence-electron chi connectivity index (χ2n) is 4.72. The molecule has 0 bridgehead atoms. The van der Waals surface area contributed by atoms with Crippen LogP contribution in [0.3, 0.4) is 0 Å². The molecule has 0 aliphatic carbocycles. The number of aliphatic hydroxyl groups is 1. The van der Waals surface area contributed by atoms with Crippen LogP contribution >= 0.6 is 0 Å². The Labute approximate surface area is 117 Å². The van der Waals surface area contributed by atoms with E-state index >= 15 is 0 Å². The van der Waals surface area contributed by atoms with Crippen LogP contribution in [0.15, 0.2) is 61.1 Å². The highest BCUT2D eigenvalue weighted by atomic mass is 16.3. The number of aliphatic hydroxyl groups excluding tert-OH is 1. The van der Waals surface area contributed by atoms with Gasteiger partial charge in [-0.25, -0.2) is 4.68 Å². The Morgan fingerprint density at radius 1 is 1.10 bits per heavy atom. The largest absolute Gasteiger partial charge is 0.382 e. The highest BCUT2D eigenvalue weighted by Crippen LogP contribution is 2.21. The number of rotatable bonds is 3. The molecule has 0 amide bonds. The molecule has 0 saturated heterocycles. The van der Waals surface area contributed by atoms with Crippen molar-refractivity contribution in [2.75, 3.05) is 0 Å². The van der Waals surface area contributed by atoms with Crippen molar-refractivity contribution in [2.24, 2.45) is 0 Å². The van der Waals surface area contributed by atoms with E-state index in [1.807, 2.05) is 55.6 Å². The van der Waals surface area contributed by atoms with E-state index < -0.39 is 6.10 Å². The molecule has 3 rings (SSSR count). The van der Waals surface area contributed by atoms with E-state index in [1.165, 1.54) is 0 Å². The van der Waals surface area contributed by atoms with Crippen LogP contribution in [-0.2, 0) is 0 Å². The van der Waals surface area contributed by atoms with Crippen LogP contribution < -0.4 is 0 Å². The lowest BCUT2D eigenvalue weighted by atomic mass is 10.1. The van der Waals surface area contributed by atoms with Gasteiger partial charge < -0.3 is 5.11 Å². The molecular weight excluding hydrogens is 250 g/mol. The highest BCUT2D eigenvalue weighted by molar-refractivity contribution is 5.32. The van der Waals surface area contributed by atoms with E-state index in [1.54, 1.807) is 17.1 Å². The zero-order valence-electron chi connectivity index (χ0n) is 11.1. The fraction of sp³-hybridized carbons (Fsp3) is 0.125. The third kappa shape index (κ3) is 2.46. The van der Waals surface area contributed by atoms with Gasteiger partial charge in [0, 0.05) is 24.2 Å². The molecule has 1 unspecified atom stereocenters. The Morgan fingerprint density at radius 3 is 2.65 bits per heavy atom. The van der Waals surface area contributed by atoms with Crippen LogP contribution in [0.25, 0.3) is 5.69 Å². The van der Waals surface area contributed by atoms with Gasteiger partial charge in [0.05, 0.1) is 11.4 Å². The third-order valence-corrected chi connectivity index (χ3v) is 3.12. The van der Waals surface area contributed by atoms with Crippen molar-refractivity contribution in [3.05, 3.63) is 77.9 Å². The first-order valence-corrected chi connectivity index (χ1v) is 6.44. The second kappa shape index (κ2) is 5.27. The lowest BCUT2D eigenvalue weighted by molar-refractivity contribution is 0.214. The van der Waals surface area contributed by atoms with Crippen molar-refractivity contribution in [1.29, 1.82) is 0 Å². The average molecular weight is 265 g/mol. The first-order chi connectivity index (χ1) is 9.74. The minimum absolute atomic E-state index is 0.612. The first-order valence-electron chi connectivity index (χ1n) is 6.44. The molecule has 0 spiro atoms. The van der Waals surface area contributed by atoms with Crippen molar-refractivity contribution < 1.29 is 5.11 Å². The van der Waals surface area contributed by atoms with Crippen LogP contribution in [0.1, 0.15) is 22.9 Å². The van der Waals surface area contributed by atoms with Crippen molar-refractivity contribution in [2.45, 2.75) is 13.0 Å². The predicted octanol–water partition coefficient (Wildman–Crippen LogP) is 2.66. The maximum atomic E-state index is 10.4. The predicted molar refractivity (Wildman–Crippen MR) is 76.6 cm³/mol. The van der Waals surface area contributed by atoms with Gasteiger partial charge in [-0.2, -0.15) is 5.10 Å². The molecule has 1 atom stereocenters. The molecule has 3 aromatic rings. The van der Waals surface area contributed by atoms with Crippen molar-refractivity contribution >= 4 is 0 Å². The summed E-state index contributed by atoms with van der Waals surface area (Å²) in [5.74, 6) is 0. The summed E-state index contributed by atoms with van der Waals surface area (Å²) in [6.07, 6.45) is 4.52. The van der Waals surface area contributed by atoms with Crippen LogP contribution in [0, 0.1) is 6.92 Å². The number of aromatic nitrogens is 3. The number of pyridine rings is 1. The second-order valence-corrected chi connectivity index (χ2v) is 4.72. The van der Waals surface area contributed by atoms with E-state index in [9.17, 15) is 5.11 Å². The Kier molecular flexibility index (Phi) is 3.31. The van der Waals surface area contributed by atoms with Gasteiger partial charge >= 0.3 is 0 Å². The Bertz CT molecular complexity index is 707. The minimum Gasteiger partial charge on any atom is -0.382 e. The molecule has 0 saturated carbocycles. The number of hydrogen-bond acceptors (Lipinski definition) is 3. The summed E-state index contributed by atoms with van der Waals surface area (Å²) >= 11 is 0. The average Bonchev–Trinajstić information content (AvgIpc) is 2.97.